The fourth-order valence-corrected chi connectivity index (χ4v) is 2.45. The molecule has 1 aliphatic heterocycles. The maximum absolute atomic E-state index is 4.09. The van der Waals surface area contributed by atoms with E-state index in [1.165, 1.54) is 22.5 Å². The summed E-state index contributed by atoms with van der Waals surface area (Å²) >= 11 is 0. The second kappa shape index (κ2) is 3.67. The Labute approximate surface area is 94.9 Å². The van der Waals surface area contributed by atoms with Crippen LogP contribution in [0, 0.1) is 0 Å². The van der Waals surface area contributed by atoms with Gasteiger partial charge in [-0.15, -0.1) is 0 Å². The number of nitrogens with one attached hydrogen (secondary N) is 2. The summed E-state index contributed by atoms with van der Waals surface area (Å²) in [5.74, 6) is 0.386. The van der Waals surface area contributed by atoms with Gasteiger partial charge in [0.25, 0.3) is 0 Å². The number of nitrogens with zero attached hydrogens (tertiary/aromatic N) is 1. The number of H-pyrrole nitrogens is 1. The smallest absolute Gasteiger partial charge is 0.0921 e. The standard InChI is InChI=1S/C13H15N3/c1-9(13-7-14-8-16-13)10-3-2-4-12-11(10)5-6-15-12/h2-4,7-9,15H,5-6H2,1H3,(H,14,16). The van der Waals surface area contributed by atoms with Crippen molar-refractivity contribution in [3.8, 4) is 0 Å². The molecule has 1 aromatic heterocycles. The van der Waals surface area contributed by atoms with Crippen LogP contribution in [-0.2, 0) is 6.42 Å². The zero-order valence-electron chi connectivity index (χ0n) is 9.33. The maximum atomic E-state index is 4.09. The van der Waals surface area contributed by atoms with Crippen LogP contribution in [0.4, 0.5) is 5.69 Å². The van der Waals surface area contributed by atoms with E-state index in [1.54, 1.807) is 6.33 Å². The fraction of sp³-hybridized carbons (Fsp3) is 0.308. The van der Waals surface area contributed by atoms with Gasteiger partial charge in [-0.1, -0.05) is 19.1 Å². The molecule has 2 heterocycles. The van der Waals surface area contributed by atoms with Gasteiger partial charge in [0.15, 0.2) is 0 Å². The zero-order valence-corrected chi connectivity index (χ0v) is 9.33. The number of fused-ring (bicyclic) bond motifs is 1. The highest BCUT2D eigenvalue weighted by Gasteiger charge is 2.19. The molecule has 1 unspecified atom stereocenters. The van der Waals surface area contributed by atoms with Crippen LogP contribution in [-0.4, -0.2) is 16.5 Å². The first-order valence-corrected chi connectivity index (χ1v) is 5.70. The molecular weight excluding hydrogens is 198 g/mol. The Morgan fingerprint density at radius 2 is 2.31 bits per heavy atom. The summed E-state index contributed by atoms with van der Waals surface area (Å²) in [6.45, 7) is 3.28. The van der Waals surface area contributed by atoms with Crippen molar-refractivity contribution in [2.75, 3.05) is 11.9 Å². The molecule has 0 bridgehead atoms. The molecule has 1 aromatic carbocycles. The summed E-state index contributed by atoms with van der Waals surface area (Å²) in [6.07, 6.45) is 4.78. The second-order valence-corrected chi connectivity index (χ2v) is 4.28. The van der Waals surface area contributed by atoms with E-state index in [0.717, 1.165) is 13.0 Å². The van der Waals surface area contributed by atoms with Crippen LogP contribution in [0.15, 0.2) is 30.7 Å². The van der Waals surface area contributed by atoms with Crippen molar-refractivity contribution in [3.05, 3.63) is 47.5 Å². The van der Waals surface area contributed by atoms with E-state index >= 15 is 0 Å². The van der Waals surface area contributed by atoms with E-state index in [9.17, 15) is 0 Å². The number of rotatable bonds is 2. The van der Waals surface area contributed by atoms with Gasteiger partial charge < -0.3 is 10.3 Å². The topological polar surface area (TPSA) is 40.7 Å². The van der Waals surface area contributed by atoms with Gasteiger partial charge >= 0.3 is 0 Å². The molecule has 0 saturated carbocycles. The number of aromatic nitrogens is 2. The lowest BCUT2D eigenvalue weighted by molar-refractivity contribution is 0.866. The molecule has 3 heteroatoms. The highest BCUT2D eigenvalue weighted by molar-refractivity contribution is 5.59. The maximum Gasteiger partial charge on any atom is 0.0921 e. The van der Waals surface area contributed by atoms with Gasteiger partial charge in [0.05, 0.1) is 6.33 Å². The van der Waals surface area contributed by atoms with Gasteiger partial charge in [-0.25, -0.2) is 4.98 Å². The number of hydrogen-bond acceptors (Lipinski definition) is 2. The average molecular weight is 213 g/mol. The summed E-state index contributed by atoms with van der Waals surface area (Å²) in [6, 6.07) is 6.50. The highest BCUT2D eigenvalue weighted by atomic mass is 14.9. The molecule has 0 saturated heterocycles. The SMILES string of the molecule is CC(c1cnc[nH]1)c1cccc2c1CCN2. The lowest BCUT2D eigenvalue weighted by atomic mass is 9.92. The van der Waals surface area contributed by atoms with Crippen LogP contribution in [0.3, 0.4) is 0 Å². The van der Waals surface area contributed by atoms with Crippen molar-refractivity contribution >= 4 is 5.69 Å². The number of benzene rings is 1. The summed E-state index contributed by atoms with van der Waals surface area (Å²) in [5.41, 5.74) is 5.35. The molecule has 1 atom stereocenters. The first-order valence-electron chi connectivity index (χ1n) is 5.70. The van der Waals surface area contributed by atoms with E-state index in [0.29, 0.717) is 5.92 Å². The summed E-state index contributed by atoms with van der Waals surface area (Å²) in [7, 11) is 0. The molecule has 3 rings (SSSR count). The molecule has 1 aliphatic rings. The molecule has 82 valence electrons. The molecule has 16 heavy (non-hydrogen) atoms. The third kappa shape index (κ3) is 1.40. The second-order valence-electron chi connectivity index (χ2n) is 4.28. The molecule has 0 radical (unpaired) electrons. The van der Waals surface area contributed by atoms with Crippen LogP contribution < -0.4 is 5.32 Å². The molecule has 0 fully saturated rings. The predicted molar refractivity (Wildman–Crippen MR) is 64.7 cm³/mol. The number of aromatic amines is 1. The molecular formula is C13H15N3. The van der Waals surface area contributed by atoms with Crippen molar-refractivity contribution in [1.29, 1.82) is 0 Å². The van der Waals surface area contributed by atoms with Crippen LogP contribution in [0.5, 0.6) is 0 Å². The highest BCUT2D eigenvalue weighted by Crippen LogP contribution is 2.32. The Balaban J connectivity index is 2.04. The van der Waals surface area contributed by atoms with Gasteiger partial charge in [-0.2, -0.15) is 0 Å². The van der Waals surface area contributed by atoms with Crippen molar-refractivity contribution in [1.82, 2.24) is 9.97 Å². The first-order chi connectivity index (χ1) is 7.86. The minimum atomic E-state index is 0.386. The van der Waals surface area contributed by atoms with Gasteiger partial charge in [0.1, 0.15) is 0 Å². The Morgan fingerprint density at radius 1 is 1.38 bits per heavy atom. The van der Waals surface area contributed by atoms with Gasteiger partial charge in [0, 0.05) is 30.0 Å². The van der Waals surface area contributed by atoms with Crippen molar-refractivity contribution in [3.63, 3.8) is 0 Å². The normalized spacial score (nSPS) is 15.6. The Hall–Kier alpha value is -1.77. The van der Waals surface area contributed by atoms with Crippen molar-refractivity contribution < 1.29 is 0 Å². The van der Waals surface area contributed by atoms with Gasteiger partial charge in [-0.05, 0) is 23.6 Å². The van der Waals surface area contributed by atoms with Gasteiger partial charge in [-0.3, -0.25) is 0 Å². The van der Waals surface area contributed by atoms with Crippen LogP contribution in [0.25, 0.3) is 0 Å². The third-order valence-electron chi connectivity index (χ3n) is 3.36. The number of anilines is 1. The van der Waals surface area contributed by atoms with Crippen LogP contribution >= 0.6 is 0 Å². The van der Waals surface area contributed by atoms with E-state index in [1.807, 2.05) is 6.20 Å². The molecule has 2 aromatic rings. The number of hydrogen-bond donors (Lipinski definition) is 2. The van der Waals surface area contributed by atoms with Crippen molar-refractivity contribution in [2.45, 2.75) is 19.3 Å². The Morgan fingerprint density at radius 3 is 3.12 bits per heavy atom. The quantitative estimate of drug-likeness (QED) is 0.804. The van der Waals surface area contributed by atoms with E-state index in [2.05, 4.69) is 40.4 Å². The summed E-state index contributed by atoms with van der Waals surface area (Å²) in [4.78, 5) is 7.29. The molecule has 2 N–H and O–H groups in total. The van der Waals surface area contributed by atoms with E-state index < -0.39 is 0 Å². The van der Waals surface area contributed by atoms with Crippen LogP contribution in [0.1, 0.15) is 29.7 Å². The van der Waals surface area contributed by atoms with Crippen LogP contribution in [0.2, 0.25) is 0 Å². The lowest BCUT2D eigenvalue weighted by Crippen LogP contribution is -2.00. The van der Waals surface area contributed by atoms with Gasteiger partial charge in [0.2, 0.25) is 0 Å². The monoisotopic (exact) mass is 213 g/mol. The number of imidazole rings is 1. The third-order valence-corrected chi connectivity index (χ3v) is 3.36. The first kappa shape index (κ1) is 9.46. The molecule has 0 amide bonds. The molecule has 3 nitrogen and oxygen atoms in total. The molecule has 0 spiro atoms. The van der Waals surface area contributed by atoms with Crippen molar-refractivity contribution in [2.24, 2.45) is 0 Å². The summed E-state index contributed by atoms with van der Waals surface area (Å²) < 4.78 is 0. The Kier molecular flexibility index (Phi) is 2.17. The summed E-state index contributed by atoms with van der Waals surface area (Å²) in [5, 5.41) is 3.41. The average Bonchev–Trinajstić information content (AvgIpc) is 2.98. The van der Waals surface area contributed by atoms with E-state index in [4.69, 9.17) is 0 Å². The zero-order chi connectivity index (χ0) is 11.0. The lowest BCUT2D eigenvalue weighted by Gasteiger charge is -2.14. The Bertz CT molecular complexity index is 488. The fourth-order valence-electron chi connectivity index (χ4n) is 2.45. The molecule has 0 aliphatic carbocycles. The largest absolute Gasteiger partial charge is 0.384 e. The predicted octanol–water partition coefficient (Wildman–Crippen LogP) is 2.53. The minimum absolute atomic E-state index is 0.386. The van der Waals surface area contributed by atoms with E-state index in [-0.39, 0.29) is 0 Å². The minimum Gasteiger partial charge on any atom is -0.384 e.